The minimum atomic E-state index is -0.0547. The lowest BCUT2D eigenvalue weighted by Crippen LogP contribution is -2.09. The van der Waals surface area contributed by atoms with Gasteiger partial charge in [-0.1, -0.05) is 0 Å². The van der Waals surface area contributed by atoms with E-state index < -0.39 is 0 Å². The summed E-state index contributed by atoms with van der Waals surface area (Å²) in [6.45, 7) is 0. The predicted molar refractivity (Wildman–Crippen MR) is 68.0 cm³/mol. The largest absolute Gasteiger partial charge is 0.398 e. The Morgan fingerprint density at radius 2 is 1.33 bits per heavy atom. The van der Waals surface area contributed by atoms with Crippen molar-refractivity contribution < 1.29 is 0 Å². The first kappa shape index (κ1) is 10.3. The van der Waals surface area contributed by atoms with Gasteiger partial charge in [0.2, 0.25) is 0 Å². The third-order valence-electron chi connectivity index (χ3n) is 3.24. The zero-order valence-electron chi connectivity index (χ0n) is 9.46. The minimum Gasteiger partial charge on any atom is -0.398 e. The standard InChI is InChI=1S/C11H13N7/c12-7-1(3-5(8(3)13)10(15)16)2(7)4-6(9(4)14)11(17)18/h12-16H2,(H3,17,18)/b4-2+. The second-order valence-corrected chi connectivity index (χ2v) is 4.36. The van der Waals surface area contributed by atoms with Gasteiger partial charge < -0.3 is 34.4 Å². The molecule has 3 rings (SSSR count). The molecule has 18 heavy (non-hydrogen) atoms. The van der Waals surface area contributed by atoms with Crippen LogP contribution >= 0.6 is 0 Å². The van der Waals surface area contributed by atoms with Gasteiger partial charge in [-0.2, -0.15) is 0 Å². The van der Waals surface area contributed by atoms with Crippen molar-refractivity contribution in [3.05, 3.63) is 56.4 Å². The summed E-state index contributed by atoms with van der Waals surface area (Å²) in [5.74, 6) is 0.128. The van der Waals surface area contributed by atoms with Gasteiger partial charge >= 0.3 is 0 Å². The van der Waals surface area contributed by atoms with Crippen LogP contribution in [0, 0.1) is 5.41 Å². The van der Waals surface area contributed by atoms with Gasteiger partial charge in [0.25, 0.3) is 0 Å². The molecular weight excluding hydrogens is 230 g/mol. The number of nitrogens with one attached hydrogen (secondary N) is 1. The molecule has 0 unspecified atom stereocenters. The number of hydrogen-bond donors (Lipinski definition) is 7. The lowest BCUT2D eigenvalue weighted by Gasteiger charge is -1.88. The molecule has 0 aromatic rings. The molecule has 0 saturated carbocycles. The maximum absolute atomic E-state index is 7.36. The number of rotatable bonds is 2. The molecule has 0 aromatic carbocycles. The molecule has 7 nitrogen and oxygen atoms in total. The highest BCUT2D eigenvalue weighted by Crippen LogP contribution is 2.57. The SMILES string of the molecule is N=C(N)C1=C(N)C/1=C1C(N)=C/1C1=C(N)C1=C(N)N. The lowest BCUT2D eigenvalue weighted by molar-refractivity contribution is 1.22. The average molecular weight is 243 g/mol. The Morgan fingerprint density at radius 1 is 0.722 bits per heavy atom. The Bertz CT molecular complexity index is 693. The second-order valence-electron chi connectivity index (χ2n) is 4.36. The van der Waals surface area contributed by atoms with Crippen molar-refractivity contribution >= 4 is 5.84 Å². The van der Waals surface area contributed by atoms with Crippen LogP contribution in [0.3, 0.4) is 0 Å². The van der Waals surface area contributed by atoms with Crippen LogP contribution in [0.2, 0.25) is 0 Å². The van der Waals surface area contributed by atoms with Crippen LogP contribution in [0.5, 0.6) is 0 Å². The Kier molecular flexibility index (Phi) is 1.55. The van der Waals surface area contributed by atoms with E-state index in [0.29, 0.717) is 28.2 Å². The van der Waals surface area contributed by atoms with Crippen molar-refractivity contribution in [2.75, 3.05) is 0 Å². The van der Waals surface area contributed by atoms with Gasteiger partial charge in [0.15, 0.2) is 0 Å². The molecular formula is C11H13N7. The van der Waals surface area contributed by atoms with E-state index >= 15 is 0 Å². The van der Waals surface area contributed by atoms with Crippen LogP contribution in [0.15, 0.2) is 56.4 Å². The van der Waals surface area contributed by atoms with Crippen LogP contribution in [-0.4, -0.2) is 5.84 Å². The third-order valence-corrected chi connectivity index (χ3v) is 3.24. The molecule has 0 aromatic heterocycles. The second kappa shape index (κ2) is 2.70. The van der Waals surface area contributed by atoms with E-state index in [9.17, 15) is 0 Å². The van der Waals surface area contributed by atoms with Crippen LogP contribution in [0.4, 0.5) is 0 Å². The van der Waals surface area contributed by atoms with Crippen molar-refractivity contribution in [2.45, 2.75) is 0 Å². The lowest BCUT2D eigenvalue weighted by atomic mass is 10.2. The fourth-order valence-corrected chi connectivity index (χ4v) is 2.22. The van der Waals surface area contributed by atoms with E-state index in [1.807, 2.05) is 0 Å². The van der Waals surface area contributed by atoms with E-state index in [1.54, 1.807) is 0 Å². The molecule has 0 heterocycles. The summed E-state index contributed by atoms with van der Waals surface area (Å²) < 4.78 is 0. The molecule has 13 N–H and O–H groups in total. The molecule has 0 atom stereocenters. The molecule has 0 spiro atoms. The van der Waals surface area contributed by atoms with Gasteiger partial charge in [-0.15, -0.1) is 0 Å². The normalized spacial score (nSPS) is 24.8. The Morgan fingerprint density at radius 3 is 1.72 bits per heavy atom. The first-order valence-electron chi connectivity index (χ1n) is 5.23. The quantitative estimate of drug-likeness (QED) is 0.218. The van der Waals surface area contributed by atoms with Gasteiger partial charge in [-0.25, -0.2) is 0 Å². The fraction of sp³-hybridized carbons (Fsp3) is 0. The van der Waals surface area contributed by atoms with E-state index in [-0.39, 0.29) is 11.7 Å². The van der Waals surface area contributed by atoms with Crippen molar-refractivity contribution in [3.8, 4) is 0 Å². The Balaban J connectivity index is 1.92. The molecule has 0 radical (unpaired) electrons. The fourth-order valence-electron chi connectivity index (χ4n) is 2.22. The topological polar surface area (TPSA) is 180 Å². The molecule has 0 aliphatic heterocycles. The van der Waals surface area contributed by atoms with Gasteiger partial charge in [0, 0.05) is 39.1 Å². The highest BCUT2D eigenvalue weighted by atomic mass is 14.9. The van der Waals surface area contributed by atoms with E-state index in [2.05, 4.69) is 0 Å². The zero-order valence-corrected chi connectivity index (χ0v) is 9.46. The summed E-state index contributed by atoms with van der Waals surface area (Å²) in [6.07, 6.45) is 0. The van der Waals surface area contributed by atoms with Crippen LogP contribution in [-0.2, 0) is 0 Å². The smallest absolute Gasteiger partial charge is 0.125 e. The van der Waals surface area contributed by atoms with Gasteiger partial charge in [0.05, 0.1) is 11.4 Å². The van der Waals surface area contributed by atoms with Gasteiger partial charge in [-0.3, -0.25) is 5.41 Å². The zero-order chi connectivity index (χ0) is 13.4. The van der Waals surface area contributed by atoms with Crippen molar-refractivity contribution in [3.63, 3.8) is 0 Å². The maximum Gasteiger partial charge on any atom is 0.125 e. The minimum absolute atomic E-state index is 0.0547. The highest BCUT2D eigenvalue weighted by molar-refractivity contribution is 6.11. The van der Waals surface area contributed by atoms with E-state index in [4.69, 9.17) is 39.8 Å². The van der Waals surface area contributed by atoms with Crippen molar-refractivity contribution in [1.82, 2.24) is 0 Å². The van der Waals surface area contributed by atoms with Crippen molar-refractivity contribution in [2.24, 2.45) is 34.4 Å². The maximum atomic E-state index is 7.36. The molecule has 92 valence electrons. The molecule has 3 aliphatic carbocycles. The molecule has 0 fully saturated rings. The summed E-state index contributed by atoms with van der Waals surface area (Å²) in [5.41, 5.74) is 39.8. The monoisotopic (exact) mass is 243 g/mol. The molecule has 0 amide bonds. The molecule has 0 bridgehead atoms. The molecule has 7 heteroatoms. The van der Waals surface area contributed by atoms with Crippen LogP contribution in [0.25, 0.3) is 0 Å². The Labute approximate surface area is 103 Å². The average Bonchev–Trinajstić information content (AvgIpc) is 3.14. The molecule has 3 aliphatic rings. The van der Waals surface area contributed by atoms with Gasteiger partial charge in [0.1, 0.15) is 11.7 Å². The number of nitrogens with two attached hydrogens (primary N) is 6. The first-order valence-corrected chi connectivity index (χ1v) is 5.23. The Hall–Kier alpha value is -2.83. The summed E-state index contributed by atoms with van der Waals surface area (Å²) in [5, 5.41) is 7.36. The van der Waals surface area contributed by atoms with E-state index in [0.717, 1.165) is 22.3 Å². The van der Waals surface area contributed by atoms with E-state index in [1.165, 1.54) is 0 Å². The number of amidine groups is 1. The first-order chi connectivity index (χ1) is 8.37. The highest BCUT2D eigenvalue weighted by Gasteiger charge is 2.48. The number of hydrogen-bond acceptors (Lipinski definition) is 6. The summed E-state index contributed by atoms with van der Waals surface area (Å²) in [6, 6.07) is 0. The van der Waals surface area contributed by atoms with Crippen LogP contribution < -0.4 is 34.4 Å². The third kappa shape index (κ3) is 1.05. The summed E-state index contributed by atoms with van der Waals surface area (Å²) in [7, 11) is 0. The predicted octanol–water partition coefficient (Wildman–Crippen LogP) is -1.97. The summed E-state index contributed by atoms with van der Waals surface area (Å²) >= 11 is 0. The van der Waals surface area contributed by atoms with Crippen LogP contribution in [0.1, 0.15) is 0 Å². The summed E-state index contributed by atoms with van der Waals surface area (Å²) in [4.78, 5) is 0. The van der Waals surface area contributed by atoms with Gasteiger partial charge in [-0.05, 0) is 0 Å². The van der Waals surface area contributed by atoms with Crippen molar-refractivity contribution in [1.29, 1.82) is 5.41 Å². The molecule has 0 saturated heterocycles. The number of allylic oxidation sites excluding steroid dienone is 5.